The van der Waals surface area contributed by atoms with Crippen LogP contribution in [0.15, 0.2) is 30.3 Å². The molecule has 5 heteroatoms. The van der Waals surface area contributed by atoms with Gasteiger partial charge >= 0.3 is 5.97 Å². The number of carboxylic acids is 1. The highest BCUT2D eigenvalue weighted by atomic mass is 16.4. The molecular weight excluding hydrogens is 292 g/mol. The van der Waals surface area contributed by atoms with E-state index in [1.165, 1.54) is 5.56 Å². The summed E-state index contributed by atoms with van der Waals surface area (Å²) in [6, 6.07) is 9.01. The summed E-state index contributed by atoms with van der Waals surface area (Å²) in [5, 5.41) is 12.0. The van der Waals surface area contributed by atoms with E-state index in [2.05, 4.69) is 10.2 Å². The predicted octanol–water partition coefficient (Wildman–Crippen LogP) is 2.27. The number of likely N-dealkylation sites (tertiary alicyclic amines) is 1. The van der Waals surface area contributed by atoms with Crippen LogP contribution in [0.25, 0.3) is 0 Å². The van der Waals surface area contributed by atoms with Crippen LogP contribution in [-0.4, -0.2) is 40.5 Å². The van der Waals surface area contributed by atoms with Crippen molar-refractivity contribution in [2.24, 2.45) is 5.92 Å². The third-order valence-corrected chi connectivity index (χ3v) is 4.22. The first kappa shape index (κ1) is 17.5. The van der Waals surface area contributed by atoms with Gasteiger partial charge in [0.05, 0.1) is 6.04 Å². The Hall–Kier alpha value is -1.88. The molecule has 0 radical (unpaired) electrons. The van der Waals surface area contributed by atoms with Crippen LogP contribution in [-0.2, 0) is 16.1 Å². The molecule has 0 aliphatic carbocycles. The number of hydrogen-bond donors (Lipinski definition) is 2. The molecule has 5 nitrogen and oxygen atoms in total. The van der Waals surface area contributed by atoms with E-state index in [1.54, 1.807) is 0 Å². The van der Waals surface area contributed by atoms with Gasteiger partial charge in [-0.05, 0) is 37.3 Å². The molecule has 0 saturated carbocycles. The molecule has 2 N–H and O–H groups in total. The van der Waals surface area contributed by atoms with Crippen molar-refractivity contribution in [1.29, 1.82) is 0 Å². The van der Waals surface area contributed by atoms with E-state index >= 15 is 0 Å². The molecule has 1 fully saturated rings. The lowest BCUT2D eigenvalue weighted by molar-refractivity contribution is -0.143. The highest BCUT2D eigenvalue weighted by Gasteiger charge is 2.33. The van der Waals surface area contributed by atoms with Crippen LogP contribution in [0.4, 0.5) is 0 Å². The molecule has 23 heavy (non-hydrogen) atoms. The van der Waals surface area contributed by atoms with Crippen LogP contribution in [0.3, 0.4) is 0 Å². The third-order valence-electron chi connectivity index (χ3n) is 4.22. The second kappa shape index (κ2) is 8.11. The molecule has 1 aromatic carbocycles. The quantitative estimate of drug-likeness (QED) is 0.809. The van der Waals surface area contributed by atoms with Gasteiger partial charge in [0.15, 0.2) is 0 Å². The van der Waals surface area contributed by atoms with E-state index < -0.39 is 12.0 Å². The van der Waals surface area contributed by atoms with E-state index in [0.29, 0.717) is 6.42 Å². The molecule has 1 aliphatic rings. The van der Waals surface area contributed by atoms with Crippen LogP contribution in [0.5, 0.6) is 0 Å². The van der Waals surface area contributed by atoms with Gasteiger partial charge in [0.25, 0.3) is 0 Å². The average molecular weight is 318 g/mol. The third kappa shape index (κ3) is 5.06. The topological polar surface area (TPSA) is 69.6 Å². The molecule has 2 atom stereocenters. The first-order valence-corrected chi connectivity index (χ1v) is 8.28. The Morgan fingerprint density at radius 2 is 2.00 bits per heavy atom. The molecule has 0 aromatic heterocycles. The summed E-state index contributed by atoms with van der Waals surface area (Å²) in [4.78, 5) is 26.0. The van der Waals surface area contributed by atoms with Crippen LogP contribution in [0, 0.1) is 5.92 Å². The molecule has 1 amide bonds. The van der Waals surface area contributed by atoms with E-state index in [1.807, 2.05) is 44.2 Å². The lowest BCUT2D eigenvalue weighted by atomic mass is 10.0. The summed E-state index contributed by atoms with van der Waals surface area (Å²) < 4.78 is 0. The van der Waals surface area contributed by atoms with Gasteiger partial charge < -0.3 is 10.4 Å². The Morgan fingerprint density at radius 3 is 2.61 bits per heavy atom. The molecule has 1 aliphatic heterocycles. The molecule has 1 saturated heterocycles. The number of nitrogens with zero attached hydrogens (tertiary/aromatic N) is 1. The average Bonchev–Trinajstić information content (AvgIpc) is 2.95. The lowest BCUT2D eigenvalue weighted by Gasteiger charge is -2.25. The maximum absolute atomic E-state index is 12.5. The fraction of sp³-hybridized carbons (Fsp3) is 0.556. The number of aliphatic carboxylic acids is 1. The Labute approximate surface area is 137 Å². The molecule has 2 rings (SSSR count). The summed E-state index contributed by atoms with van der Waals surface area (Å²) in [5.41, 5.74) is 1.17. The minimum absolute atomic E-state index is 0.161. The standard InChI is InChI=1S/C18H26N2O3/c1-13(2)11-15(18(22)23)19-17(21)16-9-6-10-20(16)12-14-7-4-3-5-8-14/h3-5,7-8,13,15-16H,6,9-12H2,1-2H3,(H,19,21)(H,22,23)/t15-,16?/m1/s1. The normalized spacial score (nSPS) is 19.7. The molecule has 1 unspecified atom stereocenters. The smallest absolute Gasteiger partial charge is 0.326 e. The number of benzene rings is 1. The molecule has 1 aromatic rings. The zero-order valence-corrected chi connectivity index (χ0v) is 13.9. The minimum Gasteiger partial charge on any atom is -0.480 e. The lowest BCUT2D eigenvalue weighted by Crippen LogP contribution is -2.49. The van der Waals surface area contributed by atoms with E-state index in [-0.39, 0.29) is 17.9 Å². The fourth-order valence-corrected chi connectivity index (χ4v) is 3.09. The second-order valence-electron chi connectivity index (χ2n) is 6.64. The van der Waals surface area contributed by atoms with Crippen LogP contribution in [0.1, 0.15) is 38.7 Å². The van der Waals surface area contributed by atoms with Gasteiger partial charge in [-0.25, -0.2) is 4.79 Å². The Bertz CT molecular complexity index is 530. The first-order chi connectivity index (χ1) is 11.0. The van der Waals surface area contributed by atoms with Crippen molar-refractivity contribution in [1.82, 2.24) is 10.2 Å². The van der Waals surface area contributed by atoms with Gasteiger partial charge in [-0.2, -0.15) is 0 Å². The number of amides is 1. The number of carbonyl (C=O) groups is 2. The van der Waals surface area contributed by atoms with Gasteiger partial charge in [0.2, 0.25) is 5.91 Å². The number of carbonyl (C=O) groups excluding carboxylic acids is 1. The zero-order chi connectivity index (χ0) is 16.8. The van der Waals surface area contributed by atoms with E-state index in [0.717, 1.165) is 25.9 Å². The molecular formula is C18H26N2O3. The summed E-state index contributed by atoms with van der Waals surface area (Å²) in [7, 11) is 0. The maximum atomic E-state index is 12.5. The Balaban J connectivity index is 1.98. The Kier molecular flexibility index (Phi) is 6.16. The molecule has 0 bridgehead atoms. The van der Waals surface area contributed by atoms with Crippen molar-refractivity contribution in [3.63, 3.8) is 0 Å². The number of nitrogens with one attached hydrogen (secondary N) is 1. The SMILES string of the molecule is CC(C)C[C@@H](NC(=O)C1CCCN1Cc1ccccc1)C(=O)O. The fourth-order valence-electron chi connectivity index (χ4n) is 3.09. The minimum atomic E-state index is -0.959. The summed E-state index contributed by atoms with van der Waals surface area (Å²) in [5.74, 6) is -0.897. The highest BCUT2D eigenvalue weighted by Crippen LogP contribution is 2.20. The predicted molar refractivity (Wildman–Crippen MR) is 88.9 cm³/mol. The van der Waals surface area contributed by atoms with Gasteiger partial charge in [-0.15, -0.1) is 0 Å². The van der Waals surface area contributed by atoms with Crippen molar-refractivity contribution in [3.8, 4) is 0 Å². The van der Waals surface area contributed by atoms with Crippen molar-refractivity contribution in [2.75, 3.05) is 6.54 Å². The van der Waals surface area contributed by atoms with Gasteiger partial charge in [0, 0.05) is 6.54 Å². The maximum Gasteiger partial charge on any atom is 0.326 e. The molecule has 126 valence electrons. The van der Waals surface area contributed by atoms with E-state index in [9.17, 15) is 14.7 Å². The Morgan fingerprint density at radius 1 is 1.30 bits per heavy atom. The van der Waals surface area contributed by atoms with Gasteiger partial charge in [0.1, 0.15) is 6.04 Å². The number of carboxylic acid groups (broad SMARTS) is 1. The summed E-state index contributed by atoms with van der Waals surface area (Å²) in [6.45, 7) is 5.51. The van der Waals surface area contributed by atoms with Crippen LogP contribution < -0.4 is 5.32 Å². The molecule has 0 spiro atoms. The monoisotopic (exact) mass is 318 g/mol. The van der Waals surface area contributed by atoms with Crippen molar-refractivity contribution < 1.29 is 14.7 Å². The van der Waals surface area contributed by atoms with Crippen molar-refractivity contribution in [2.45, 2.75) is 51.7 Å². The zero-order valence-electron chi connectivity index (χ0n) is 13.9. The first-order valence-electron chi connectivity index (χ1n) is 8.28. The van der Waals surface area contributed by atoms with Crippen molar-refractivity contribution >= 4 is 11.9 Å². The van der Waals surface area contributed by atoms with Crippen LogP contribution >= 0.6 is 0 Å². The van der Waals surface area contributed by atoms with E-state index in [4.69, 9.17) is 0 Å². The van der Waals surface area contributed by atoms with Crippen LogP contribution in [0.2, 0.25) is 0 Å². The van der Waals surface area contributed by atoms with Crippen molar-refractivity contribution in [3.05, 3.63) is 35.9 Å². The highest BCUT2D eigenvalue weighted by molar-refractivity contribution is 5.87. The molecule has 1 heterocycles. The number of rotatable bonds is 7. The largest absolute Gasteiger partial charge is 0.480 e. The second-order valence-corrected chi connectivity index (χ2v) is 6.64. The van der Waals surface area contributed by atoms with Gasteiger partial charge in [-0.1, -0.05) is 44.2 Å². The van der Waals surface area contributed by atoms with Gasteiger partial charge in [-0.3, -0.25) is 9.69 Å². The summed E-state index contributed by atoms with van der Waals surface area (Å²) >= 11 is 0. The number of hydrogen-bond acceptors (Lipinski definition) is 3. The summed E-state index contributed by atoms with van der Waals surface area (Å²) in [6.07, 6.45) is 2.20.